The van der Waals surface area contributed by atoms with Gasteiger partial charge in [0, 0.05) is 58.9 Å². The number of amides is 2. The zero-order valence-corrected chi connectivity index (χ0v) is 22.5. The monoisotopic (exact) mass is 559 g/mol. The van der Waals surface area contributed by atoms with E-state index in [-0.39, 0.29) is 12.3 Å². The van der Waals surface area contributed by atoms with Crippen LogP contribution < -0.4 is 0 Å². The van der Waals surface area contributed by atoms with Gasteiger partial charge in [-0.05, 0) is 17.7 Å². The maximum Gasteiger partial charge on any atom is 0.303 e. The van der Waals surface area contributed by atoms with Crippen LogP contribution in [0.1, 0.15) is 51.8 Å². The van der Waals surface area contributed by atoms with E-state index in [1.54, 1.807) is 18.3 Å². The van der Waals surface area contributed by atoms with Crippen LogP contribution in [0.4, 0.5) is 0 Å². The molecule has 1 unspecified atom stereocenters. The standard InChI is InChI=1S/C26H29N3O11/c1-12(30)36-11-19-21(37-13(2)31)22(38-14(3)32)23(39-15(4)33)26(40-19)29-10-18(16-7-6-8-27-24(16)29)17-9-20(34)28(5)25(17)35/h6-8,10,17,19,21-23,26H,9,11H2,1-5H3/t17?,19-,21-,22+,23-,26-/m1/s1. The minimum absolute atomic E-state index is 0.0537. The molecule has 0 spiro atoms. The van der Waals surface area contributed by atoms with Crippen molar-refractivity contribution >= 4 is 46.7 Å². The number of fused-ring (bicyclic) bond motifs is 1. The van der Waals surface area contributed by atoms with Crippen molar-refractivity contribution in [3.63, 3.8) is 0 Å². The van der Waals surface area contributed by atoms with Crippen molar-refractivity contribution in [2.45, 2.75) is 70.7 Å². The second kappa shape index (κ2) is 11.4. The number of aromatic nitrogens is 2. The van der Waals surface area contributed by atoms with Gasteiger partial charge in [-0.1, -0.05) is 0 Å². The van der Waals surface area contributed by atoms with Crippen molar-refractivity contribution in [2.24, 2.45) is 0 Å². The first kappa shape index (κ1) is 28.7. The SMILES string of the molecule is CC(=O)OC[C@H]1O[C@@H](n2cc(C3CC(=O)N(C)C3=O)c3cccnc32)[C@H](OC(C)=O)[C@@H](OC(C)=O)[C@@H]1OC(C)=O. The maximum absolute atomic E-state index is 12.9. The van der Waals surface area contributed by atoms with E-state index in [0.717, 1.165) is 25.7 Å². The molecule has 0 aromatic carbocycles. The molecule has 0 radical (unpaired) electrons. The lowest BCUT2D eigenvalue weighted by Gasteiger charge is -2.44. The Hall–Kier alpha value is -4.33. The lowest BCUT2D eigenvalue weighted by Crippen LogP contribution is -2.60. The van der Waals surface area contributed by atoms with E-state index in [1.807, 2.05) is 0 Å². The number of esters is 4. The van der Waals surface area contributed by atoms with E-state index in [4.69, 9.17) is 23.7 Å². The Balaban J connectivity index is 1.88. The van der Waals surface area contributed by atoms with Crippen LogP contribution in [0.3, 0.4) is 0 Å². The van der Waals surface area contributed by atoms with Gasteiger partial charge in [0.05, 0.1) is 5.92 Å². The lowest BCUT2D eigenvalue weighted by molar-refractivity contribution is -0.267. The van der Waals surface area contributed by atoms with Crippen molar-refractivity contribution in [3.05, 3.63) is 30.1 Å². The zero-order valence-electron chi connectivity index (χ0n) is 22.5. The van der Waals surface area contributed by atoms with Gasteiger partial charge < -0.3 is 28.3 Å². The van der Waals surface area contributed by atoms with E-state index in [2.05, 4.69) is 4.98 Å². The van der Waals surface area contributed by atoms with Crippen LogP contribution in [-0.2, 0) is 52.5 Å². The number of likely N-dealkylation sites (tertiary alicyclic amines) is 1. The summed E-state index contributed by atoms with van der Waals surface area (Å²) in [5.41, 5.74) is 0.798. The summed E-state index contributed by atoms with van der Waals surface area (Å²) < 4.78 is 29.4. The number of carbonyl (C=O) groups excluding carboxylic acids is 6. The third-order valence-electron chi connectivity index (χ3n) is 6.62. The minimum Gasteiger partial charge on any atom is -0.463 e. The lowest BCUT2D eigenvalue weighted by atomic mass is 9.97. The first-order valence-electron chi connectivity index (χ1n) is 12.4. The number of carbonyl (C=O) groups is 6. The molecule has 0 saturated carbocycles. The fourth-order valence-corrected chi connectivity index (χ4v) is 5.01. The molecule has 2 aromatic rings. The second-order valence-corrected chi connectivity index (χ2v) is 9.50. The third kappa shape index (κ3) is 5.66. The zero-order chi connectivity index (χ0) is 29.3. The molecule has 2 saturated heterocycles. The van der Waals surface area contributed by atoms with E-state index in [1.165, 1.54) is 24.7 Å². The van der Waals surface area contributed by atoms with Crippen molar-refractivity contribution in [2.75, 3.05) is 13.7 Å². The molecule has 2 aliphatic heterocycles. The summed E-state index contributed by atoms with van der Waals surface area (Å²) in [5, 5.41) is 0.539. The molecule has 14 heteroatoms. The summed E-state index contributed by atoms with van der Waals surface area (Å²) in [6.45, 7) is 4.19. The van der Waals surface area contributed by atoms with Gasteiger partial charge in [-0.15, -0.1) is 0 Å². The third-order valence-corrected chi connectivity index (χ3v) is 6.62. The first-order valence-corrected chi connectivity index (χ1v) is 12.4. The Labute approximate surface area is 228 Å². The smallest absolute Gasteiger partial charge is 0.303 e. The number of ether oxygens (including phenoxy) is 5. The number of nitrogens with zero attached hydrogens (tertiary/aromatic N) is 3. The van der Waals surface area contributed by atoms with Crippen molar-refractivity contribution in [1.82, 2.24) is 14.5 Å². The summed E-state index contributed by atoms with van der Waals surface area (Å²) in [6, 6.07) is 3.38. The molecule has 214 valence electrons. The predicted octanol–water partition coefficient (Wildman–Crippen LogP) is 0.764. The fourth-order valence-electron chi connectivity index (χ4n) is 5.01. The fraction of sp³-hybridized carbons (Fsp3) is 0.500. The van der Waals surface area contributed by atoms with Crippen molar-refractivity contribution < 1.29 is 52.5 Å². The summed E-state index contributed by atoms with van der Waals surface area (Å²) in [6.07, 6.45) is -3.48. The van der Waals surface area contributed by atoms with Crippen LogP contribution in [0, 0.1) is 0 Å². The Morgan fingerprint density at radius 3 is 2.15 bits per heavy atom. The number of likely N-dealkylation sites (N-methyl/N-ethyl adjacent to an activating group) is 1. The second-order valence-electron chi connectivity index (χ2n) is 9.50. The van der Waals surface area contributed by atoms with Crippen LogP contribution in [0.25, 0.3) is 11.0 Å². The van der Waals surface area contributed by atoms with Crippen LogP contribution in [0.5, 0.6) is 0 Å². The van der Waals surface area contributed by atoms with Crippen LogP contribution in [-0.4, -0.2) is 88.2 Å². The molecule has 4 rings (SSSR count). The molecule has 40 heavy (non-hydrogen) atoms. The quantitative estimate of drug-likeness (QED) is 0.266. The molecule has 0 aliphatic carbocycles. The minimum atomic E-state index is -1.38. The van der Waals surface area contributed by atoms with Crippen molar-refractivity contribution in [3.8, 4) is 0 Å². The highest BCUT2D eigenvalue weighted by Gasteiger charge is 2.53. The highest BCUT2D eigenvalue weighted by molar-refractivity contribution is 6.07. The number of hydrogen-bond acceptors (Lipinski definition) is 12. The molecule has 14 nitrogen and oxygen atoms in total. The molecule has 4 heterocycles. The topological polar surface area (TPSA) is 170 Å². The highest BCUT2D eigenvalue weighted by atomic mass is 16.7. The van der Waals surface area contributed by atoms with Gasteiger partial charge in [0.15, 0.2) is 24.5 Å². The van der Waals surface area contributed by atoms with Crippen LogP contribution in [0.15, 0.2) is 24.5 Å². The number of imide groups is 1. The Kier molecular flexibility index (Phi) is 8.18. The molecule has 2 amide bonds. The van der Waals surface area contributed by atoms with E-state index in [9.17, 15) is 28.8 Å². The first-order chi connectivity index (χ1) is 18.9. The van der Waals surface area contributed by atoms with E-state index in [0.29, 0.717) is 16.6 Å². The van der Waals surface area contributed by atoms with Gasteiger partial charge in [0.2, 0.25) is 11.8 Å². The van der Waals surface area contributed by atoms with Gasteiger partial charge in [0.1, 0.15) is 18.4 Å². The maximum atomic E-state index is 12.9. The van der Waals surface area contributed by atoms with Crippen molar-refractivity contribution in [1.29, 1.82) is 0 Å². The molecule has 6 atom stereocenters. The summed E-state index contributed by atoms with van der Waals surface area (Å²) in [4.78, 5) is 78.7. The Bertz CT molecular complexity index is 1370. The average molecular weight is 560 g/mol. The number of hydrogen-bond donors (Lipinski definition) is 0. The van der Waals surface area contributed by atoms with E-state index < -0.39 is 73.0 Å². The summed E-state index contributed by atoms with van der Waals surface area (Å²) in [7, 11) is 1.40. The number of rotatable bonds is 7. The molecular weight excluding hydrogens is 530 g/mol. The van der Waals surface area contributed by atoms with Gasteiger partial charge in [-0.2, -0.15) is 0 Å². The highest BCUT2D eigenvalue weighted by Crippen LogP contribution is 2.40. The largest absolute Gasteiger partial charge is 0.463 e. The molecule has 2 aliphatic rings. The Morgan fingerprint density at radius 1 is 0.950 bits per heavy atom. The molecular formula is C26H29N3O11. The van der Waals surface area contributed by atoms with Gasteiger partial charge in [-0.25, -0.2) is 4.98 Å². The van der Waals surface area contributed by atoms with E-state index >= 15 is 0 Å². The van der Waals surface area contributed by atoms with Gasteiger partial charge in [-0.3, -0.25) is 33.7 Å². The number of pyridine rings is 1. The predicted molar refractivity (Wildman–Crippen MR) is 132 cm³/mol. The summed E-state index contributed by atoms with van der Waals surface area (Å²) >= 11 is 0. The van der Waals surface area contributed by atoms with Crippen LogP contribution in [0.2, 0.25) is 0 Å². The molecule has 0 bridgehead atoms. The van der Waals surface area contributed by atoms with Gasteiger partial charge >= 0.3 is 23.9 Å². The molecule has 2 aromatic heterocycles. The average Bonchev–Trinajstić information content (AvgIpc) is 3.37. The normalized spacial score (nSPS) is 26.5. The Morgan fingerprint density at radius 2 is 1.57 bits per heavy atom. The van der Waals surface area contributed by atoms with Crippen LogP contribution >= 0.6 is 0 Å². The van der Waals surface area contributed by atoms with Gasteiger partial charge in [0.25, 0.3) is 0 Å². The molecule has 0 N–H and O–H groups in total. The summed E-state index contributed by atoms with van der Waals surface area (Å²) in [5.74, 6) is -4.43. The molecule has 2 fully saturated rings.